The standard InChI is InChI=1S/C12H13FN2O3/c1-12(2,3)17-11(16)14-10-9-7(13)5-4-6-8(9)18-15-10/h4-6H,1-3H3,(H,14,15,16). The van der Waals surface area contributed by atoms with Crippen molar-refractivity contribution in [1.82, 2.24) is 5.16 Å². The first-order valence-corrected chi connectivity index (χ1v) is 5.41. The number of rotatable bonds is 1. The molecule has 1 amide bonds. The van der Waals surface area contributed by atoms with Crippen molar-refractivity contribution in [3.05, 3.63) is 24.0 Å². The molecule has 5 nitrogen and oxygen atoms in total. The number of nitrogens with zero attached hydrogens (tertiary/aromatic N) is 1. The molecule has 0 aliphatic carbocycles. The van der Waals surface area contributed by atoms with Gasteiger partial charge in [-0.05, 0) is 32.9 Å². The van der Waals surface area contributed by atoms with Crippen molar-refractivity contribution < 1.29 is 18.4 Å². The van der Waals surface area contributed by atoms with Crippen LogP contribution < -0.4 is 5.32 Å². The Hall–Kier alpha value is -2.11. The molecule has 0 unspecified atom stereocenters. The van der Waals surface area contributed by atoms with E-state index in [1.165, 1.54) is 12.1 Å². The van der Waals surface area contributed by atoms with Gasteiger partial charge < -0.3 is 9.26 Å². The highest BCUT2D eigenvalue weighted by Crippen LogP contribution is 2.25. The summed E-state index contributed by atoms with van der Waals surface area (Å²) in [6.07, 6.45) is -0.707. The van der Waals surface area contributed by atoms with Crippen LogP contribution in [-0.2, 0) is 4.74 Å². The van der Waals surface area contributed by atoms with Gasteiger partial charge in [0, 0.05) is 0 Å². The summed E-state index contributed by atoms with van der Waals surface area (Å²) in [6.45, 7) is 5.19. The summed E-state index contributed by atoms with van der Waals surface area (Å²) in [7, 11) is 0. The second-order valence-corrected chi connectivity index (χ2v) is 4.77. The number of benzene rings is 1. The van der Waals surface area contributed by atoms with Crippen LogP contribution in [-0.4, -0.2) is 16.9 Å². The molecule has 1 heterocycles. The Morgan fingerprint density at radius 1 is 1.44 bits per heavy atom. The van der Waals surface area contributed by atoms with Crippen molar-refractivity contribution in [3.8, 4) is 0 Å². The molecule has 1 N–H and O–H groups in total. The summed E-state index contributed by atoms with van der Waals surface area (Å²) in [5, 5.41) is 6.08. The van der Waals surface area contributed by atoms with Crippen LogP contribution in [0.15, 0.2) is 22.7 Å². The molecule has 2 aromatic rings. The van der Waals surface area contributed by atoms with Crippen LogP contribution in [0.2, 0.25) is 0 Å². The number of hydrogen-bond donors (Lipinski definition) is 1. The third kappa shape index (κ3) is 2.58. The highest BCUT2D eigenvalue weighted by atomic mass is 19.1. The summed E-state index contributed by atoms with van der Waals surface area (Å²) in [5.74, 6) is -0.503. The first-order chi connectivity index (χ1) is 8.37. The lowest BCUT2D eigenvalue weighted by Crippen LogP contribution is -2.27. The quantitative estimate of drug-likeness (QED) is 0.845. The highest BCUT2D eigenvalue weighted by molar-refractivity contribution is 5.96. The number of carbonyl (C=O) groups is 1. The van der Waals surface area contributed by atoms with Crippen LogP contribution in [0.3, 0.4) is 0 Å². The van der Waals surface area contributed by atoms with Gasteiger partial charge in [-0.3, -0.25) is 5.32 Å². The lowest BCUT2D eigenvalue weighted by atomic mass is 10.2. The minimum Gasteiger partial charge on any atom is -0.444 e. The van der Waals surface area contributed by atoms with Gasteiger partial charge in [0.1, 0.15) is 16.8 Å². The van der Waals surface area contributed by atoms with E-state index in [0.717, 1.165) is 0 Å². The highest BCUT2D eigenvalue weighted by Gasteiger charge is 2.20. The molecular weight excluding hydrogens is 239 g/mol. The summed E-state index contributed by atoms with van der Waals surface area (Å²) >= 11 is 0. The average Bonchev–Trinajstić information content (AvgIpc) is 2.59. The number of hydrogen-bond acceptors (Lipinski definition) is 4. The predicted octanol–water partition coefficient (Wildman–Crippen LogP) is 3.31. The van der Waals surface area contributed by atoms with Crippen LogP contribution in [0.4, 0.5) is 15.0 Å². The van der Waals surface area contributed by atoms with Crippen molar-refractivity contribution in [2.45, 2.75) is 26.4 Å². The van der Waals surface area contributed by atoms with E-state index in [0.29, 0.717) is 0 Å². The maximum atomic E-state index is 13.6. The van der Waals surface area contributed by atoms with Crippen molar-refractivity contribution >= 4 is 22.9 Å². The number of halogens is 1. The minimum atomic E-state index is -0.707. The number of aromatic nitrogens is 1. The molecule has 0 saturated heterocycles. The molecular formula is C12H13FN2O3. The molecule has 0 bridgehead atoms. The number of fused-ring (bicyclic) bond motifs is 1. The Morgan fingerprint density at radius 2 is 2.17 bits per heavy atom. The van der Waals surface area contributed by atoms with E-state index in [1.54, 1.807) is 26.8 Å². The third-order valence-corrected chi connectivity index (χ3v) is 2.07. The van der Waals surface area contributed by atoms with Crippen LogP contribution >= 0.6 is 0 Å². The number of anilines is 1. The van der Waals surface area contributed by atoms with Gasteiger partial charge in [-0.25, -0.2) is 9.18 Å². The molecule has 0 fully saturated rings. The summed E-state index contributed by atoms with van der Waals surface area (Å²) < 4.78 is 23.5. The Balaban J connectivity index is 2.25. The second kappa shape index (κ2) is 4.29. The molecule has 18 heavy (non-hydrogen) atoms. The van der Waals surface area contributed by atoms with Crippen LogP contribution in [0.25, 0.3) is 11.0 Å². The Bertz CT molecular complexity index is 587. The lowest BCUT2D eigenvalue weighted by molar-refractivity contribution is 0.0635. The lowest BCUT2D eigenvalue weighted by Gasteiger charge is -2.19. The van der Waals surface area contributed by atoms with Crippen molar-refractivity contribution in [1.29, 1.82) is 0 Å². The molecule has 0 atom stereocenters. The first-order valence-electron chi connectivity index (χ1n) is 5.41. The zero-order valence-corrected chi connectivity index (χ0v) is 10.3. The van der Waals surface area contributed by atoms with Crippen LogP contribution in [0.1, 0.15) is 20.8 Å². The van der Waals surface area contributed by atoms with Crippen molar-refractivity contribution in [2.24, 2.45) is 0 Å². The van der Waals surface area contributed by atoms with Crippen LogP contribution in [0, 0.1) is 5.82 Å². The Labute approximate surface area is 103 Å². The van der Waals surface area contributed by atoms with Gasteiger partial charge in [0.05, 0.1) is 0 Å². The second-order valence-electron chi connectivity index (χ2n) is 4.77. The van der Waals surface area contributed by atoms with Gasteiger partial charge in [0.2, 0.25) is 0 Å². The SMILES string of the molecule is CC(C)(C)OC(=O)Nc1noc2cccc(F)c12. The number of nitrogens with one attached hydrogen (secondary N) is 1. The van der Waals surface area contributed by atoms with E-state index in [2.05, 4.69) is 10.5 Å². The van der Waals surface area contributed by atoms with E-state index >= 15 is 0 Å². The molecule has 0 radical (unpaired) electrons. The van der Waals surface area contributed by atoms with Gasteiger partial charge in [0.25, 0.3) is 0 Å². The maximum Gasteiger partial charge on any atom is 0.413 e. The number of amides is 1. The summed E-state index contributed by atoms with van der Waals surface area (Å²) in [6, 6.07) is 4.32. The van der Waals surface area contributed by atoms with E-state index in [4.69, 9.17) is 9.26 Å². The third-order valence-electron chi connectivity index (χ3n) is 2.07. The molecule has 0 aliphatic heterocycles. The van der Waals surface area contributed by atoms with Gasteiger partial charge in [-0.1, -0.05) is 11.2 Å². The Morgan fingerprint density at radius 3 is 2.83 bits per heavy atom. The van der Waals surface area contributed by atoms with Crippen molar-refractivity contribution in [3.63, 3.8) is 0 Å². The van der Waals surface area contributed by atoms with Gasteiger partial charge in [-0.2, -0.15) is 0 Å². The zero-order valence-electron chi connectivity index (χ0n) is 10.3. The fraction of sp³-hybridized carbons (Fsp3) is 0.333. The average molecular weight is 252 g/mol. The summed E-state index contributed by atoms with van der Waals surface area (Å²) in [5.41, 5.74) is -0.372. The molecule has 0 spiro atoms. The molecule has 96 valence electrons. The topological polar surface area (TPSA) is 64.4 Å². The van der Waals surface area contributed by atoms with Gasteiger partial charge in [-0.15, -0.1) is 0 Å². The molecule has 0 aliphatic rings. The molecule has 0 saturated carbocycles. The maximum absolute atomic E-state index is 13.6. The monoisotopic (exact) mass is 252 g/mol. The Kier molecular flexibility index (Phi) is 2.94. The van der Waals surface area contributed by atoms with Gasteiger partial charge in [0.15, 0.2) is 11.4 Å². The number of carbonyl (C=O) groups excluding carboxylic acids is 1. The van der Waals surface area contributed by atoms with Crippen molar-refractivity contribution in [2.75, 3.05) is 5.32 Å². The van der Waals surface area contributed by atoms with E-state index in [-0.39, 0.29) is 16.8 Å². The van der Waals surface area contributed by atoms with E-state index < -0.39 is 17.5 Å². The normalized spacial score (nSPS) is 11.6. The summed E-state index contributed by atoms with van der Waals surface area (Å²) in [4.78, 5) is 11.5. The first kappa shape index (κ1) is 12.3. The van der Waals surface area contributed by atoms with Crippen LogP contribution in [0.5, 0.6) is 0 Å². The number of ether oxygens (including phenoxy) is 1. The largest absolute Gasteiger partial charge is 0.444 e. The predicted molar refractivity (Wildman–Crippen MR) is 63.8 cm³/mol. The molecule has 1 aromatic carbocycles. The fourth-order valence-electron chi connectivity index (χ4n) is 1.44. The van der Waals surface area contributed by atoms with Gasteiger partial charge >= 0.3 is 6.09 Å². The minimum absolute atomic E-state index is 0.0114. The van der Waals surface area contributed by atoms with E-state index in [9.17, 15) is 9.18 Å². The van der Waals surface area contributed by atoms with E-state index in [1.807, 2.05) is 0 Å². The smallest absolute Gasteiger partial charge is 0.413 e. The molecule has 6 heteroatoms. The molecule has 2 rings (SSSR count). The fourth-order valence-corrected chi connectivity index (χ4v) is 1.44. The molecule has 1 aromatic heterocycles. The zero-order chi connectivity index (χ0) is 13.3.